The van der Waals surface area contributed by atoms with Gasteiger partial charge in [0.25, 0.3) is 11.8 Å². The fourth-order valence-corrected chi connectivity index (χ4v) is 3.20. The maximum atomic E-state index is 12.5. The molecule has 0 bridgehead atoms. The molecule has 1 heterocycles. The van der Waals surface area contributed by atoms with E-state index in [-0.39, 0.29) is 17.1 Å². The van der Waals surface area contributed by atoms with Gasteiger partial charge in [-0.25, -0.2) is 10.3 Å². The van der Waals surface area contributed by atoms with Crippen molar-refractivity contribution >= 4 is 58.2 Å². The molecule has 2 aromatic rings. The highest BCUT2D eigenvalue weighted by molar-refractivity contribution is 6.38. The molecule has 3 rings (SSSR count). The van der Waals surface area contributed by atoms with Crippen LogP contribution in [0.4, 0.5) is 5.69 Å². The summed E-state index contributed by atoms with van der Waals surface area (Å²) in [5.74, 6) is -1.44. The lowest BCUT2D eigenvalue weighted by Gasteiger charge is -2.17. The molecule has 26 heavy (non-hydrogen) atoms. The van der Waals surface area contributed by atoms with Gasteiger partial charge < -0.3 is 0 Å². The lowest BCUT2D eigenvalue weighted by atomic mass is 10.2. The number of nitrogens with one attached hydrogen (secondary N) is 2. The molecule has 2 aromatic carbocycles. The monoisotopic (exact) mass is 411 g/mol. The summed E-state index contributed by atoms with van der Waals surface area (Å²) < 4.78 is 0. The maximum Gasteiger partial charge on any atom is 0.265 e. The lowest BCUT2D eigenvalue weighted by molar-refractivity contribution is -0.121. The van der Waals surface area contributed by atoms with Crippen LogP contribution in [-0.2, 0) is 9.59 Å². The van der Waals surface area contributed by atoms with Crippen LogP contribution in [0.2, 0.25) is 15.1 Å². The third kappa shape index (κ3) is 3.83. The molecule has 1 aliphatic heterocycles. The molecule has 2 N–H and O–H groups in total. The minimum Gasteiger partial charge on any atom is -0.287 e. The van der Waals surface area contributed by atoms with E-state index in [1.807, 2.05) is 0 Å². The van der Waals surface area contributed by atoms with Crippen LogP contribution in [0, 0.1) is 0 Å². The third-order valence-corrected chi connectivity index (χ3v) is 4.52. The van der Waals surface area contributed by atoms with Crippen LogP contribution < -0.4 is 15.8 Å². The molecular weight excluding hydrogens is 401 g/mol. The van der Waals surface area contributed by atoms with Crippen molar-refractivity contribution in [2.45, 2.75) is 12.5 Å². The van der Waals surface area contributed by atoms with Gasteiger partial charge in [0.2, 0.25) is 5.91 Å². The number of hydrogen-bond acceptors (Lipinski definition) is 4. The number of carbonyl (C=O) groups is 3. The Balaban J connectivity index is 1.70. The quantitative estimate of drug-likeness (QED) is 0.597. The molecule has 0 unspecified atom stereocenters. The van der Waals surface area contributed by atoms with Gasteiger partial charge in [0.15, 0.2) is 0 Å². The number of hydrazine groups is 1. The Morgan fingerprint density at radius 3 is 2.46 bits per heavy atom. The number of imide groups is 1. The van der Waals surface area contributed by atoms with E-state index in [0.29, 0.717) is 15.6 Å². The highest BCUT2D eigenvalue weighted by Crippen LogP contribution is 2.32. The first-order valence-electron chi connectivity index (χ1n) is 7.50. The van der Waals surface area contributed by atoms with Crippen LogP contribution in [-0.4, -0.2) is 23.8 Å². The summed E-state index contributed by atoms with van der Waals surface area (Å²) in [7, 11) is 0. The smallest absolute Gasteiger partial charge is 0.265 e. The van der Waals surface area contributed by atoms with Gasteiger partial charge in [0.1, 0.15) is 6.04 Å². The Labute approximate surface area is 164 Å². The van der Waals surface area contributed by atoms with Gasteiger partial charge in [0, 0.05) is 15.6 Å². The number of nitrogens with zero attached hydrogens (tertiary/aromatic N) is 1. The van der Waals surface area contributed by atoms with Crippen molar-refractivity contribution in [3.8, 4) is 0 Å². The summed E-state index contributed by atoms with van der Waals surface area (Å²) in [6, 6.07) is 9.89. The second-order valence-electron chi connectivity index (χ2n) is 5.53. The summed E-state index contributed by atoms with van der Waals surface area (Å²) >= 11 is 17.8. The number of anilines is 1. The van der Waals surface area contributed by atoms with Gasteiger partial charge in [0.05, 0.1) is 17.1 Å². The van der Waals surface area contributed by atoms with Crippen LogP contribution in [0.1, 0.15) is 16.8 Å². The van der Waals surface area contributed by atoms with Gasteiger partial charge in [-0.15, -0.1) is 0 Å². The number of rotatable bonds is 4. The van der Waals surface area contributed by atoms with Gasteiger partial charge in [-0.1, -0.05) is 40.9 Å². The van der Waals surface area contributed by atoms with Crippen molar-refractivity contribution in [2.24, 2.45) is 0 Å². The number of hydrogen-bond donors (Lipinski definition) is 2. The largest absolute Gasteiger partial charge is 0.287 e. The van der Waals surface area contributed by atoms with E-state index in [1.165, 1.54) is 24.3 Å². The minimum atomic E-state index is -0.905. The van der Waals surface area contributed by atoms with Gasteiger partial charge >= 0.3 is 0 Å². The lowest BCUT2D eigenvalue weighted by Crippen LogP contribution is -2.48. The zero-order valence-corrected chi connectivity index (χ0v) is 15.4. The second kappa shape index (κ2) is 7.63. The molecule has 1 fully saturated rings. The predicted octanol–water partition coefficient (Wildman–Crippen LogP) is 3.21. The first-order chi connectivity index (χ1) is 12.4. The van der Waals surface area contributed by atoms with E-state index in [1.54, 1.807) is 18.2 Å². The summed E-state index contributed by atoms with van der Waals surface area (Å²) in [6.45, 7) is 0. The van der Waals surface area contributed by atoms with Gasteiger partial charge in [-0.3, -0.25) is 19.8 Å². The Bertz CT molecular complexity index is 904. The molecule has 134 valence electrons. The van der Waals surface area contributed by atoms with Crippen molar-refractivity contribution in [2.75, 3.05) is 4.90 Å². The standard InChI is InChI=1S/C17H12Cl3N3O3/c18-10-3-1-2-9(6-10)16(25)22-21-13-8-15(24)23(17(13)26)14-5-4-11(19)7-12(14)20/h1-7,13,21H,8H2,(H,22,25)/t13-/m0/s1. The first-order valence-corrected chi connectivity index (χ1v) is 8.63. The van der Waals surface area contributed by atoms with E-state index in [4.69, 9.17) is 34.8 Å². The maximum absolute atomic E-state index is 12.5. The van der Waals surface area contributed by atoms with Crippen molar-refractivity contribution in [3.05, 3.63) is 63.1 Å². The zero-order valence-electron chi connectivity index (χ0n) is 13.1. The van der Waals surface area contributed by atoms with Crippen molar-refractivity contribution in [3.63, 3.8) is 0 Å². The molecule has 1 saturated heterocycles. The number of halogens is 3. The summed E-state index contributed by atoms with van der Waals surface area (Å²) in [4.78, 5) is 37.9. The molecule has 0 saturated carbocycles. The molecule has 1 atom stereocenters. The highest BCUT2D eigenvalue weighted by Gasteiger charge is 2.40. The molecule has 0 aliphatic carbocycles. The highest BCUT2D eigenvalue weighted by atomic mass is 35.5. The summed E-state index contributed by atoms with van der Waals surface area (Å²) in [5, 5.41) is 0.984. The number of amides is 3. The molecular formula is C17H12Cl3N3O3. The molecule has 1 aliphatic rings. The van der Waals surface area contributed by atoms with Crippen LogP contribution in [0.3, 0.4) is 0 Å². The van der Waals surface area contributed by atoms with Crippen molar-refractivity contribution in [1.29, 1.82) is 0 Å². The SMILES string of the molecule is O=C(NN[C@H]1CC(=O)N(c2ccc(Cl)cc2Cl)C1=O)c1cccc(Cl)c1. The number of carbonyl (C=O) groups excluding carboxylic acids is 3. The van der Waals surface area contributed by atoms with E-state index in [2.05, 4.69) is 10.9 Å². The van der Waals surface area contributed by atoms with E-state index in [0.717, 1.165) is 4.90 Å². The molecule has 0 spiro atoms. The minimum absolute atomic E-state index is 0.117. The average Bonchev–Trinajstić information content (AvgIpc) is 2.87. The molecule has 9 heteroatoms. The van der Waals surface area contributed by atoms with E-state index in [9.17, 15) is 14.4 Å². The molecule has 3 amide bonds. The Morgan fingerprint density at radius 2 is 1.77 bits per heavy atom. The van der Waals surface area contributed by atoms with Crippen molar-refractivity contribution < 1.29 is 14.4 Å². The van der Waals surface area contributed by atoms with Gasteiger partial charge in [-0.05, 0) is 36.4 Å². The first kappa shape index (κ1) is 18.7. The normalized spacial score (nSPS) is 16.9. The van der Waals surface area contributed by atoms with Crippen LogP contribution in [0.25, 0.3) is 0 Å². The Hall–Kier alpha value is -2.12. The van der Waals surface area contributed by atoms with Gasteiger partial charge in [-0.2, -0.15) is 0 Å². The topological polar surface area (TPSA) is 78.5 Å². The summed E-state index contributed by atoms with van der Waals surface area (Å²) in [6.07, 6.45) is -0.117. The zero-order chi connectivity index (χ0) is 18.8. The Morgan fingerprint density at radius 1 is 1.04 bits per heavy atom. The van der Waals surface area contributed by atoms with Crippen LogP contribution in [0.15, 0.2) is 42.5 Å². The van der Waals surface area contributed by atoms with Crippen molar-refractivity contribution in [1.82, 2.24) is 10.9 Å². The fourth-order valence-electron chi connectivity index (χ4n) is 2.51. The van der Waals surface area contributed by atoms with Crippen LogP contribution in [0.5, 0.6) is 0 Å². The second-order valence-corrected chi connectivity index (χ2v) is 6.81. The average molecular weight is 413 g/mol. The Kier molecular flexibility index (Phi) is 5.48. The molecule has 0 radical (unpaired) electrons. The predicted molar refractivity (Wildman–Crippen MR) is 99.4 cm³/mol. The van der Waals surface area contributed by atoms with Crippen LogP contribution >= 0.6 is 34.8 Å². The molecule has 6 nitrogen and oxygen atoms in total. The third-order valence-electron chi connectivity index (χ3n) is 3.74. The number of benzene rings is 2. The molecule has 0 aromatic heterocycles. The fraction of sp³-hybridized carbons (Fsp3) is 0.118. The summed E-state index contributed by atoms with van der Waals surface area (Å²) in [5.41, 5.74) is 5.57. The van der Waals surface area contributed by atoms with E-state index < -0.39 is 23.8 Å². The van der Waals surface area contributed by atoms with E-state index >= 15 is 0 Å².